The van der Waals surface area contributed by atoms with Crippen LogP contribution in [0, 0.1) is 6.92 Å². The van der Waals surface area contributed by atoms with Crippen molar-refractivity contribution in [3.05, 3.63) is 28.0 Å². The molecule has 0 bridgehead atoms. The Balaban J connectivity index is 2.54. The first kappa shape index (κ1) is 14.0. The molecule has 2 aromatic heterocycles. The van der Waals surface area contributed by atoms with Crippen molar-refractivity contribution < 1.29 is 4.74 Å². The minimum absolute atomic E-state index is 0.174. The Morgan fingerprint density at radius 3 is 2.68 bits per heavy atom. The van der Waals surface area contributed by atoms with E-state index in [1.165, 1.54) is 0 Å². The number of hydrogen-bond acceptors (Lipinski definition) is 6. The molecule has 19 heavy (non-hydrogen) atoms. The molecule has 1 unspecified atom stereocenters. The van der Waals surface area contributed by atoms with Gasteiger partial charge in [0.25, 0.3) is 0 Å². The van der Waals surface area contributed by atoms with Crippen LogP contribution >= 0.6 is 11.3 Å². The van der Waals surface area contributed by atoms with Crippen LogP contribution < -0.4 is 16.0 Å². The van der Waals surface area contributed by atoms with Crippen molar-refractivity contribution in [1.29, 1.82) is 0 Å². The van der Waals surface area contributed by atoms with Crippen LogP contribution in [0.2, 0.25) is 0 Å². The van der Waals surface area contributed by atoms with Gasteiger partial charge >= 0.3 is 0 Å². The SMILES string of the molecule is COc1cnn(C(C)C)c1C(NN)c1scnc1C. The third-order valence-electron chi connectivity index (χ3n) is 2.99. The fourth-order valence-corrected chi connectivity index (χ4v) is 2.93. The van der Waals surface area contributed by atoms with Crippen LogP contribution in [0.1, 0.15) is 42.2 Å². The average Bonchev–Trinajstić information content (AvgIpc) is 2.98. The number of nitrogens with one attached hydrogen (secondary N) is 1. The smallest absolute Gasteiger partial charge is 0.162 e. The van der Waals surface area contributed by atoms with Crippen molar-refractivity contribution in [1.82, 2.24) is 20.2 Å². The zero-order chi connectivity index (χ0) is 14.0. The van der Waals surface area contributed by atoms with Crippen LogP contribution in [-0.2, 0) is 0 Å². The van der Waals surface area contributed by atoms with Crippen LogP contribution in [-0.4, -0.2) is 21.9 Å². The lowest BCUT2D eigenvalue weighted by Crippen LogP contribution is -2.31. The number of ether oxygens (including phenoxy) is 1. The van der Waals surface area contributed by atoms with Crippen LogP contribution in [0.15, 0.2) is 11.7 Å². The van der Waals surface area contributed by atoms with Gasteiger partial charge in [-0.1, -0.05) is 0 Å². The van der Waals surface area contributed by atoms with Crippen LogP contribution in [0.4, 0.5) is 0 Å². The Morgan fingerprint density at radius 2 is 2.21 bits per heavy atom. The van der Waals surface area contributed by atoms with Crippen LogP contribution in [0.25, 0.3) is 0 Å². The lowest BCUT2D eigenvalue weighted by Gasteiger charge is -2.20. The van der Waals surface area contributed by atoms with Gasteiger partial charge in [-0.15, -0.1) is 11.3 Å². The van der Waals surface area contributed by atoms with E-state index in [9.17, 15) is 0 Å². The summed E-state index contributed by atoms with van der Waals surface area (Å²) in [6.45, 7) is 6.12. The summed E-state index contributed by atoms with van der Waals surface area (Å²) in [4.78, 5) is 5.35. The van der Waals surface area contributed by atoms with E-state index >= 15 is 0 Å². The number of aryl methyl sites for hydroxylation is 1. The normalized spacial score (nSPS) is 12.9. The van der Waals surface area contributed by atoms with Crippen molar-refractivity contribution in [2.45, 2.75) is 32.9 Å². The highest BCUT2D eigenvalue weighted by molar-refractivity contribution is 7.09. The van der Waals surface area contributed by atoms with Gasteiger partial charge in [0.05, 0.1) is 29.4 Å². The molecule has 104 valence electrons. The predicted octanol–water partition coefficient (Wildman–Crippen LogP) is 1.79. The van der Waals surface area contributed by atoms with Crippen LogP contribution in [0.5, 0.6) is 5.75 Å². The maximum Gasteiger partial charge on any atom is 0.162 e. The van der Waals surface area contributed by atoms with Gasteiger partial charge in [0.1, 0.15) is 11.7 Å². The summed E-state index contributed by atoms with van der Waals surface area (Å²) in [7, 11) is 1.64. The maximum atomic E-state index is 5.75. The van der Waals surface area contributed by atoms with Gasteiger partial charge < -0.3 is 4.74 Å². The standard InChI is InChI=1S/C12H19N5OS/c1-7(2)17-11(9(18-4)5-15-17)10(16-13)12-8(3)14-6-19-12/h5-7,10,16H,13H2,1-4H3. The Morgan fingerprint density at radius 1 is 1.47 bits per heavy atom. The minimum atomic E-state index is -0.174. The van der Waals surface area contributed by atoms with Gasteiger partial charge in [0, 0.05) is 6.04 Å². The molecule has 1 atom stereocenters. The molecule has 0 fully saturated rings. The van der Waals surface area contributed by atoms with Gasteiger partial charge in [-0.3, -0.25) is 10.5 Å². The zero-order valence-electron chi connectivity index (χ0n) is 11.5. The average molecular weight is 281 g/mol. The molecule has 0 aliphatic carbocycles. The molecule has 2 heterocycles. The molecular weight excluding hydrogens is 262 g/mol. The largest absolute Gasteiger partial charge is 0.493 e. The van der Waals surface area contributed by atoms with E-state index < -0.39 is 0 Å². The molecule has 0 saturated heterocycles. The number of rotatable bonds is 5. The van der Waals surface area contributed by atoms with Gasteiger partial charge in [-0.2, -0.15) is 5.10 Å². The number of nitrogens with zero attached hydrogens (tertiary/aromatic N) is 3. The van der Waals surface area contributed by atoms with Gasteiger partial charge in [-0.05, 0) is 20.8 Å². The lowest BCUT2D eigenvalue weighted by molar-refractivity contribution is 0.394. The summed E-state index contributed by atoms with van der Waals surface area (Å²) in [5.74, 6) is 6.48. The molecule has 0 aliphatic heterocycles. The van der Waals surface area contributed by atoms with E-state index in [1.807, 2.05) is 17.1 Å². The van der Waals surface area contributed by atoms with E-state index in [4.69, 9.17) is 10.6 Å². The summed E-state index contributed by atoms with van der Waals surface area (Å²) in [6.07, 6.45) is 1.72. The molecule has 0 aromatic carbocycles. The summed E-state index contributed by atoms with van der Waals surface area (Å²) >= 11 is 1.57. The molecule has 0 radical (unpaired) electrons. The predicted molar refractivity (Wildman–Crippen MR) is 75.2 cm³/mol. The first-order valence-electron chi connectivity index (χ1n) is 6.07. The second kappa shape index (κ2) is 5.68. The summed E-state index contributed by atoms with van der Waals surface area (Å²) < 4.78 is 7.32. The number of aromatic nitrogens is 3. The highest BCUT2D eigenvalue weighted by atomic mass is 32.1. The third-order valence-corrected chi connectivity index (χ3v) is 3.99. The highest BCUT2D eigenvalue weighted by Crippen LogP contribution is 2.34. The fraction of sp³-hybridized carbons (Fsp3) is 0.500. The topological polar surface area (TPSA) is 78.0 Å². The van der Waals surface area contributed by atoms with Crippen molar-refractivity contribution in [3.8, 4) is 5.75 Å². The van der Waals surface area contributed by atoms with Gasteiger partial charge in [0.15, 0.2) is 5.75 Å². The molecule has 0 aliphatic rings. The number of methoxy groups -OCH3 is 1. The zero-order valence-corrected chi connectivity index (χ0v) is 12.4. The number of thiazole rings is 1. The van der Waals surface area contributed by atoms with Crippen molar-refractivity contribution in [3.63, 3.8) is 0 Å². The van der Waals surface area contributed by atoms with Gasteiger partial charge in [0.2, 0.25) is 0 Å². The van der Waals surface area contributed by atoms with E-state index in [-0.39, 0.29) is 12.1 Å². The summed E-state index contributed by atoms with van der Waals surface area (Å²) in [5, 5.41) is 4.38. The molecule has 0 amide bonds. The lowest BCUT2D eigenvalue weighted by atomic mass is 10.1. The molecule has 6 nitrogen and oxygen atoms in total. The second-order valence-corrected chi connectivity index (χ2v) is 5.42. The minimum Gasteiger partial charge on any atom is -0.493 e. The molecule has 0 saturated carbocycles. The first-order chi connectivity index (χ1) is 9.10. The third kappa shape index (κ3) is 2.49. The van der Waals surface area contributed by atoms with Crippen LogP contribution in [0.3, 0.4) is 0 Å². The highest BCUT2D eigenvalue weighted by Gasteiger charge is 2.26. The van der Waals surface area contributed by atoms with E-state index in [1.54, 1.807) is 24.6 Å². The van der Waals surface area contributed by atoms with E-state index in [0.29, 0.717) is 0 Å². The Kier molecular flexibility index (Phi) is 4.18. The Hall–Kier alpha value is -1.44. The van der Waals surface area contributed by atoms with Crippen molar-refractivity contribution >= 4 is 11.3 Å². The number of hydrazine groups is 1. The quantitative estimate of drug-likeness (QED) is 0.645. The van der Waals surface area contributed by atoms with Crippen molar-refractivity contribution in [2.75, 3.05) is 7.11 Å². The molecular formula is C12H19N5OS. The Bertz CT molecular complexity index is 548. The Labute approximate surface area is 116 Å². The molecule has 0 spiro atoms. The molecule has 7 heteroatoms. The van der Waals surface area contributed by atoms with E-state index in [2.05, 4.69) is 29.4 Å². The summed E-state index contributed by atoms with van der Waals surface area (Å²) in [6, 6.07) is 0.0512. The van der Waals surface area contributed by atoms with E-state index in [0.717, 1.165) is 22.0 Å². The second-order valence-electron chi connectivity index (χ2n) is 4.54. The summed E-state index contributed by atoms with van der Waals surface area (Å²) in [5.41, 5.74) is 6.55. The first-order valence-corrected chi connectivity index (χ1v) is 6.95. The number of nitrogens with two attached hydrogens (primary N) is 1. The fourth-order valence-electron chi connectivity index (χ4n) is 2.07. The monoisotopic (exact) mass is 281 g/mol. The molecule has 2 rings (SSSR count). The molecule has 2 aromatic rings. The molecule has 3 N–H and O–H groups in total. The van der Waals surface area contributed by atoms with Crippen molar-refractivity contribution in [2.24, 2.45) is 5.84 Å². The number of hydrogen-bond donors (Lipinski definition) is 2. The van der Waals surface area contributed by atoms with Gasteiger partial charge in [-0.25, -0.2) is 10.4 Å². The maximum absolute atomic E-state index is 5.75.